The van der Waals surface area contributed by atoms with Crippen molar-refractivity contribution in [2.24, 2.45) is 0 Å². The SMILES string of the molecule is COc1cc(C2NC(=O)c3ccccc3N2)cc(O)c1O. The first-order valence-corrected chi connectivity index (χ1v) is 6.36. The molecule has 0 saturated carbocycles. The van der Waals surface area contributed by atoms with Crippen molar-refractivity contribution in [3.05, 3.63) is 47.5 Å². The summed E-state index contributed by atoms with van der Waals surface area (Å²) in [5.74, 6) is -0.705. The highest BCUT2D eigenvalue weighted by molar-refractivity contribution is 6.01. The Hall–Kier alpha value is -2.89. The van der Waals surface area contributed by atoms with E-state index in [0.29, 0.717) is 16.8 Å². The molecule has 6 nitrogen and oxygen atoms in total. The Morgan fingerprint density at radius 3 is 2.67 bits per heavy atom. The Morgan fingerprint density at radius 1 is 1.14 bits per heavy atom. The van der Waals surface area contributed by atoms with Gasteiger partial charge in [-0.3, -0.25) is 4.79 Å². The number of hydrogen-bond acceptors (Lipinski definition) is 5. The number of methoxy groups -OCH3 is 1. The lowest BCUT2D eigenvalue weighted by Crippen LogP contribution is -2.38. The second-order valence-electron chi connectivity index (χ2n) is 4.69. The third-order valence-corrected chi connectivity index (χ3v) is 3.38. The number of anilines is 1. The van der Waals surface area contributed by atoms with Crippen molar-refractivity contribution >= 4 is 11.6 Å². The Balaban J connectivity index is 2.00. The predicted molar refractivity (Wildman–Crippen MR) is 76.6 cm³/mol. The molecule has 0 aliphatic carbocycles. The first-order valence-electron chi connectivity index (χ1n) is 6.36. The summed E-state index contributed by atoms with van der Waals surface area (Å²) in [6.07, 6.45) is -0.521. The van der Waals surface area contributed by atoms with Crippen molar-refractivity contribution in [2.75, 3.05) is 12.4 Å². The second-order valence-corrected chi connectivity index (χ2v) is 4.69. The molecular formula is C15H14N2O4. The quantitative estimate of drug-likeness (QED) is 0.634. The Bertz CT molecular complexity index is 715. The third-order valence-electron chi connectivity index (χ3n) is 3.38. The Labute approximate surface area is 121 Å². The lowest BCUT2D eigenvalue weighted by molar-refractivity contribution is 0.0935. The molecule has 1 amide bonds. The van der Waals surface area contributed by atoms with Crippen LogP contribution < -0.4 is 15.4 Å². The van der Waals surface area contributed by atoms with E-state index >= 15 is 0 Å². The molecule has 3 rings (SSSR count). The molecule has 1 atom stereocenters. The van der Waals surface area contributed by atoms with Crippen LogP contribution in [0.25, 0.3) is 0 Å². The highest BCUT2D eigenvalue weighted by Crippen LogP contribution is 2.38. The number of carbonyl (C=O) groups is 1. The summed E-state index contributed by atoms with van der Waals surface area (Å²) < 4.78 is 5.00. The molecule has 108 valence electrons. The summed E-state index contributed by atoms with van der Waals surface area (Å²) in [5.41, 5.74) is 1.84. The maximum atomic E-state index is 12.1. The van der Waals surface area contributed by atoms with E-state index in [-0.39, 0.29) is 23.2 Å². The van der Waals surface area contributed by atoms with E-state index in [1.807, 2.05) is 6.07 Å². The number of aromatic hydroxyl groups is 2. The summed E-state index contributed by atoms with van der Waals surface area (Å²) >= 11 is 0. The van der Waals surface area contributed by atoms with E-state index in [1.54, 1.807) is 24.3 Å². The van der Waals surface area contributed by atoms with Crippen molar-refractivity contribution in [2.45, 2.75) is 6.17 Å². The molecule has 0 fully saturated rings. The number of rotatable bonds is 2. The number of phenols is 2. The van der Waals surface area contributed by atoms with Crippen LogP contribution in [0.5, 0.6) is 17.2 Å². The fourth-order valence-corrected chi connectivity index (χ4v) is 2.31. The standard InChI is InChI=1S/C15H14N2O4/c1-21-12-7-8(6-11(18)13(12)19)14-16-10-5-3-2-4-9(10)15(20)17-14/h2-7,14,16,18-19H,1H3,(H,17,20). The van der Waals surface area contributed by atoms with E-state index in [9.17, 15) is 15.0 Å². The minimum absolute atomic E-state index is 0.139. The monoisotopic (exact) mass is 286 g/mol. The fourth-order valence-electron chi connectivity index (χ4n) is 2.31. The van der Waals surface area contributed by atoms with Gasteiger partial charge in [-0.2, -0.15) is 0 Å². The fraction of sp³-hybridized carbons (Fsp3) is 0.133. The minimum atomic E-state index is -0.521. The lowest BCUT2D eigenvalue weighted by Gasteiger charge is -2.28. The molecule has 1 heterocycles. The average Bonchev–Trinajstić information content (AvgIpc) is 2.50. The van der Waals surface area contributed by atoms with Crippen LogP contribution in [0.4, 0.5) is 5.69 Å². The molecule has 0 aromatic heterocycles. The zero-order valence-corrected chi connectivity index (χ0v) is 11.3. The molecule has 4 N–H and O–H groups in total. The lowest BCUT2D eigenvalue weighted by atomic mass is 10.0. The summed E-state index contributed by atoms with van der Waals surface area (Å²) in [7, 11) is 1.39. The van der Waals surface area contributed by atoms with Gasteiger partial charge in [0.25, 0.3) is 5.91 Å². The largest absolute Gasteiger partial charge is 0.504 e. The number of amides is 1. The first-order chi connectivity index (χ1) is 10.1. The van der Waals surface area contributed by atoms with Crippen LogP contribution in [-0.2, 0) is 0 Å². The van der Waals surface area contributed by atoms with Crippen molar-refractivity contribution in [1.29, 1.82) is 0 Å². The van der Waals surface area contributed by atoms with E-state index in [0.717, 1.165) is 0 Å². The van der Waals surface area contributed by atoms with Gasteiger partial charge in [-0.05, 0) is 24.3 Å². The van der Waals surface area contributed by atoms with Gasteiger partial charge in [-0.1, -0.05) is 12.1 Å². The zero-order chi connectivity index (χ0) is 15.0. The number of hydrogen-bond donors (Lipinski definition) is 4. The van der Waals surface area contributed by atoms with Gasteiger partial charge in [0.15, 0.2) is 11.5 Å². The van der Waals surface area contributed by atoms with Gasteiger partial charge in [0.2, 0.25) is 5.75 Å². The number of carbonyl (C=O) groups excluding carboxylic acids is 1. The van der Waals surface area contributed by atoms with Gasteiger partial charge in [0, 0.05) is 11.3 Å². The number of para-hydroxylation sites is 1. The van der Waals surface area contributed by atoms with E-state index in [2.05, 4.69) is 10.6 Å². The van der Waals surface area contributed by atoms with Crippen LogP contribution in [0, 0.1) is 0 Å². The topological polar surface area (TPSA) is 90.8 Å². The minimum Gasteiger partial charge on any atom is -0.504 e. The normalized spacial score (nSPS) is 16.6. The van der Waals surface area contributed by atoms with Gasteiger partial charge in [0.05, 0.1) is 12.7 Å². The summed E-state index contributed by atoms with van der Waals surface area (Å²) in [6, 6.07) is 10.1. The van der Waals surface area contributed by atoms with Gasteiger partial charge < -0.3 is 25.6 Å². The van der Waals surface area contributed by atoms with Crippen LogP contribution >= 0.6 is 0 Å². The van der Waals surface area contributed by atoms with Crippen molar-refractivity contribution in [3.8, 4) is 17.2 Å². The number of phenolic OH excluding ortho intramolecular Hbond substituents is 2. The highest BCUT2D eigenvalue weighted by atomic mass is 16.5. The molecule has 0 radical (unpaired) electrons. The number of ether oxygens (including phenoxy) is 1. The average molecular weight is 286 g/mol. The molecule has 6 heteroatoms. The van der Waals surface area contributed by atoms with Crippen LogP contribution in [0.2, 0.25) is 0 Å². The van der Waals surface area contributed by atoms with Crippen molar-refractivity contribution in [3.63, 3.8) is 0 Å². The second kappa shape index (κ2) is 4.90. The molecule has 1 aliphatic heterocycles. The third kappa shape index (κ3) is 2.20. The van der Waals surface area contributed by atoms with E-state index < -0.39 is 6.17 Å². The van der Waals surface area contributed by atoms with Crippen LogP contribution in [0.1, 0.15) is 22.1 Å². The molecule has 2 aromatic carbocycles. The van der Waals surface area contributed by atoms with E-state index in [1.165, 1.54) is 13.2 Å². The Morgan fingerprint density at radius 2 is 1.90 bits per heavy atom. The zero-order valence-electron chi connectivity index (χ0n) is 11.3. The van der Waals surface area contributed by atoms with Gasteiger partial charge >= 0.3 is 0 Å². The number of fused-ring (bicyclic) bond motifs is 1. The summed E-state index contributed by atoms with van der Waals surface area (Å²) in [4.78, 5) is 12.1. The highest BCUT2D eigenvalue weighted by Gasteiger charge is 2.25. The molecule has 2 aromatic rings. The van der Waals surface area contributed by atoms with Gasteiger partial charge in [-0.15, -0.1) is 0 Å². The molecule has 0 saturated heterocycles. The van der Waals surface area contributed by atoms with Gasteiger partial charge in [-0.25, -0.2) is 0 Å². The summed E-state index contributed by atoms with van der Waals surface area (Å²) in [5, 5.41) is 25.3. The number of benzene rings is 2. The molecule has 0 spiro atoms. The molecule has 0 bridgehead atoms. The van der Waals surface area contributed by atoms with Crippen molar-refractivity contribution < 1.29 is 19.7 Å². The molecule has 1 unspecified atom stereocenters. The maximum Gasteiger partial charge on any atom is 0.255 e. The molecule has 21 heavy (non-hydrogen) atoms. The van der Waals surface area contributed by atoms with E-state index in [4.69, 9.17) is 4.74 Å². The van der Waals surface area contributed by atoms with Crippen LogP contribution in [0.3, 0.4) is 0 Å². The smallest absolute Gasteiger partial charge is 0.255 e. The molecule has 1 aliphatic rings. The van der Waals surface area contributed by atoms with Crippen LogP contribution in [0.15, 0.2) is 36.4 Å². The van der Waals surface area contributed by atoms with Crippen LogP contribution in [-0.4, -0.2) is 23.2 Å². The maximum absolute atomic E-state index is 12.1. The number of nitrogens with one attached hydrogen (secondary N) is 2. The summed E-state index contributed by atoms with van der Waals surface area (Å²) in [6.45, 7) is 0. The Kier molecular flexibility index (Phi) is 3.06. The molecular weight excluding hydrogens is 272 g/mol. The van der Waals surface area contributed by atoms with Gasteiger partial charge in [0.1, 0.15) is 6.17 Å². The first kappa shape index (κ1) is 13.1. The van der Waals surface area contributed by atoms with Crippen molar-refractivity contribution in [1.82, 2.24) is 5.32 Å². The predicted octanol–water partition coefficient (Wildman–Crippen LogP) is 1.96.